The van der Waals surface area contributed by atoms with Gasteiger partial charge in [0, 0.05) is 12.0 Å². The summed E-state index contributed by atoms with van der Waals surface area (Å²) in [5, 5.41) is 1.18. The van der Waals surface area contributed by atoms with Crippen LogP contribution in [0.1, 0.15) is 11.1 Å². The molecule has 0 unspecified atom stereocenters. The van der Waals surface area contributed by atoms with Crippen molar-refractivity contribution in [3.05, 3.63) is 65.1 Å². The predicted molar refractivity (Wildman–Crippen MR) is 95.6 cm³/mol. The van der Waals surface area contributed by atoms with Gasteiger partial charge in [-0.25, -0.2) is 13.1 Å². The summed E-state index contributed by atoms with van der Waals surface area (Å²) in [6, 6.07) is 14.8. The number of hydrogen-bond acceptors (Lipinski definition) is 4. The first-order valence-electron chi connectivity index (χ1n) is 7.48. The molecule has 5 nitrogen and oxygen atoms in total. The van der Waals surface area contributed by atoms with Gasteiger partial charge in [0.1, 0.15) is 0 Å². The Kier molecular flexibility index (Phi) is 6.40. The van der Waals surface area contributed by atoms with E-state index < -0.39 is 10.0 Å². The third-order valence-corrected chi connectivity index (χ3v) is 4.50. The van der Waals surface area contributed by atoms with Crippen molar-refractivity contribution in [3.63, 3.8) is 0 Å². The highest BCUT2D eigenvalue weighted by Gasteiger charge is 2.07. The summed E-state index contributed by atoms with van der Waals surface area (Å²) >= 11 is 0. The molecule has 6 heteroatoms. The number of ether oxygens (including phenoxy) is 2. The van der Waals surface area contributed by atoms with Crippen molar-refractivity contribution < 1.29 is 17.9 Å². The lowest BCUT2D eigenvalue weighted by molar-refractivity contribution is 0.354. The van der Waals surface area contributed by atoms with Gasteiger partial charge < -0.3 is 9.47 Å². The van der Waals surface area contributed by atoms with Gasteiger partial charge in [-0.2, -0.15) is 0 Å². The lowest BCUT2D eigenvalue weighted by atomic mass is 10.1. The minimum Gasteiger partial charge on any atom is -0.493 e. The molecular weight excluding hydrogens is 326 g/mol. The van der Waals surface area contributed by atoms with E-state index in [9.17, 15) is 8.42 Å². The molecule has 0 aliphatic carbocycles. The minimum absolute atomic E-state index is 0.303. The summed E-state index contributed by atoms with van der Waals surface area (Å²) in [4.78, 5) is 0. The second-order valence-electron chi connectivity index (χ2n) is 5.09. The molecule has 0 aliphatic heterocycles. The van der Waals surface area contributed by atoms with Crippen LogP contribution >= 0.6 is 0 Å². The summed E-state index contributed by atoms with van der Waals surface area (Å²) in [6.45, 7) is 0.303. The van der Waals surface area contributed by atoms with Crippen LogP contribution in [-0.2, 0) is 16.4 Å². The van der Waals surface area contributed by atoms with E-state index in [-0.39, 0.29) is 0 Å². The van der Waals surface area contributed by atoms with Gasteiger partial charge in [0.05, 0.1) is 14.2 Å². The minimum atomic E-state index is -3.46. The fourth-order valence-electron chi connectivity index (χ4n) is 2.15. The highest BCUT2D eigenvalue weighted by Crippen LogP contribution is 2.27. The van der Waals surface area contributed by atoms with Crippen LogP contribution in [0.5, 0.6) is 11.5 Å². The molecule has 128 valence electrons. The zero-order valence-electron chi connectivity index (χ0n) is 13.7. The molecule has 0 fully saturated rings. The topological polar surface area (TPSA) is 64.6 Å². The molecule has 0 amide bonds. The van der Waals surface area contributed by atoms with Crippen LogP contribution in [0, 0.1) is 0 Å². The number of methoxy groups -OCH3 is 2. The number of benzene rings is 2. The average Bonchev–Trinajstić information content (AvgIpc) is 2.60. The Morgan fingerprint density at radius 3 is 2.38 bits per heavy atom. The van der Waals surface area contributed by atoms with Gasteiger partial charge in [0.25, 0.3) is 0 Å². The molecule has 2 aromatic rings. The number of rotatable bonds is 8. The van der Waals surface area contributed by atoms with Crippen LogP contribution in [-0.4, -0.2) is 29.2 Å². The molecule has 0 saturated heterocycles. The van der Waals surface area contributed by atoms with E-state index in [0.717, 1.165) is 11.1 Å². The summed E-state index contributed by atoms with van der Waals surface area (Å²) in [6.07, 6.45) is 2.12. The standard InChI is InChI=1S/C18H21NO4S/c1-22-17-9-8-16(14-18(17)23-2)10-12-19-24(20,21)13-11-15-6-4-3-5-7-15/h3-9,11,13-14,19H,10,12H2,1-2H3/b13-11+. The fourth-order valence-corrected chi connectivity index (χ4v) is 2.97. The van der Waals surface area contributed by atoms with E-state index in [2.05, 4.69) is 4.72 Å². The second-order valence-corrected chi connectivity index (χ2v) is 6.74. The van der Waals surface area contributed by atoms with Crippen LogP contribution in [0.2, 0.25) is 0 Å². The molecular formula is C18H21NO4S. The third kappa shape index (κ3) is 5.40. The summed E-state index contributed by atoms with van der Waals surface area (Å²) in [5.41, 5.74) is 1.80. The van der Waals surface area contributed by atoms with Crippen LogP contribution < -0.4 is 14.2 Å². The maximum absolute atomic E-state index is 12.0. The van der Waals surface area contributed by atoms with Gasteiger partial charge in [0.2, 0.25) is 10.0 Å². The second kappa shape index (κ2) is 8.52. The zero-order valence-corrected chi connectivity index (χ0v) is 14.5. The summed E-state index contributed by atoms with van der Waals surface area (Å²) in [7, 11) is -0.323. The van der Waals surface area contributed by atoms with Crippen molar-refractivity contribution in [1.82, 2.24) is 4.72 Å². The van der Waals surface area contributed by atoms with E-state index in [1.807, 2.05) is 42.5 Å². The van der Waals surface area contributed by atoms with Crippen LogP contribution in [0.4, 0.5) is 0 Å². The van der Waals surface area contributed by atoms with Gasteiger partial charge in [-0.1, -0.05) is 36.4 Å². The van der Waals surface area contributed by atoms with E-state index in [0.29, 0.717) is 24.5 Å². The predicted octanol–water partition coefficient (Wildman–Crippen LogP) is 2.84. The SMILES string of the molecule is COc1ccc(CCNS(=O)(=O)/C=C/c2ccccc2)cc1OC. The van der Waals surface area contributed by atoms with E-state index in [1.165, 1.54) is 5.41 Å². The molecule has 1 N–H and O–H groups in total. The van der Waals surface area contributed by atoms with Gasteiger partial charge in [-0.05, 0) is 35.8 Å². The maximum Gasteiger partial charge on any atom is 0.233 e. The smallest absolute Gasteiger partial charge is 0.233 e. The highest BCUT2D eigenvalue weighted by molar-refractivity contribution is 7.92. The van der Waals surface area contributed by atoms with E-state index in [4.69, 9.17) is 9.47 Å². The fraction of sp³-hybridized carbons (Fsp3) is 0.222. The summed E-state index contributed by atoms with van der Waals surface area (Å²) in [5.74, 6) is 1.27. The van der Waals surface area contributed by atoms with Crippen molar-refractivity contribution in [2.24, 2.45) is 0 Å². The van der Waals surface area contributed by atoms with Gasteiger partial charge in [0.15, 0.2) is 11.5 Å². The van der Waals surface area contributed by atoms with E-state index in [1.54, 1.807) is 26.4 Å². The largest absolute Gasteiger partial charge is 0.493 e. The highest BCUT2D eigenvalue weighted by atomic mass is 32.2. The van der Waals surface area contributed by atoms with Crippen molar-refractivity contribution >= 4 is 16.1 Å². The molecule has 0 aliphatic rings. The van der Waals surface area contributed by atoms with Gasteiger partial charge >= 0.3 is 0 Å². The van der Waals surface area contributed by atoms with Crippen LogP contribution in [0.3, 0.4) is 0 Å². The number of hydrogen-bond donors (Lipinski definition) is 1. The Bertz CT molecular complexity index is 786. The van der Waals surface area contributed by atoms with Gasteiger partial charge in [-0.3, -0.25) is 0 Å². The lowest BCUT2D eigenvalue weighted by Crippen LogP contribution is -2.23. The molecule has 0 radical (unpaired) electrons. The van der Waals surface area contributed by atoms with Crippen LogP contribution in [0.25, 0.3) is 6.08 Å². The Morgan fingerprint density at radius 1 is 1.00 bits per heavy atom. The maximum atomic E-state index is 12.0. The monoisotopic (exact) mass is 347 g/mol. The first-order valence-corrected chi connectivity index (χ1v) is 9.02. The Hall–Kier alpha value is -2.31. The molecule has 24 heavy (non-hydrogen) atoms. The first kappa shape index (κ1) is 18.0. The molecule has 0 atom stereocenters. The average molecular weight is 347 g/mol. The molecule has 0 spiro atoms. The Labute approximate surface area is 143 Å². The molecule has 2 aromatic carbocycles. The Morgan fingerprint density at radius 2 is 1.71 bits per heavy atom. The lowest BCUT2D eigenvalue weighted by Gasteiger charge is -2.09. The first-order chi connectivity index (χ1) is 11.5. The zero-order chi connectivity index (χ0) is 17.4. The Balaban J connectivity index is 1.92. The summed E-state index contributed by atoms with van der Waals surface area (Å²) < 4.78 is 36.9. The molecule has 0 bridgehead atoms. The number of nitrogens with one attached hydrogen (secondary N) is 1. The third-order valence-electron chi connectivity index (χ3n) is 3.40. The molecule has 2 rings (SSSR count). The number of sulfonamides is 1. The quantitative estimate of drug-likeness (QED) is 0.797. The molecule has 0 saturated carbocycles. The molecule has 0 heterocycles. The molecule has 0 aromatic heterocycles. The van der Waals surface area contributed by atoms with Crippen molar-refractivity contribution in [2.45, 2.75) is 6.42 Å². The normalized spacial score (nSPS) is 11.6. The van der Waals surface area contributed by atoms with E-state index >= 15 is 0 Å². The van der Waals surface area contributed by atoms with Crippen LogP contribution in [0.15, 0.2) is 53.9 Å². The van der Waals surface area contributed by atoms with Crippen molar-refractivity contribution in [1.29, 1.82) is 0 Å². The van der Waals surface area contributed by atoms with Crippen molar-refractivity contribution in [2.75, 3.05) is 20.8 Å². The van der Waals surface area contributed by atoms with Gasteiger partial charge in [-0.15, -0.1) is 0 Å². The van der Waals surface area contributed by atoms with Crippen molar-refractivity contribution in [3.8, 4) is 11.5 Å².